The van der Waals surface area contributed by atoms with Crippen molar-refractivity contribution < 1.29 is 9.53 Å². The van der Waals surface area contributed by atoms with Crippen LogP contribution in [0.5, 0.6) is 5.75 Å². The average Bonchev–Trinajstić information content (AvgIpc) is 2.52. The highest BCUT2D eigenvalue weighted by Gasteiger charge is 2.43. The lowest BCUT2D eigenvalue weighted by molar-refractivity contribution is -0.134. The SMILES string of the molecule is CC(C)(C)CC(=O)[C@]1(N)Cc2ccccc2O1. The summed E-state index contributed by atoms with van der Waals surface area (Å²) in [6.45, 7) is 6.07. The van der Waals surface area contributed by atoms with E-state index in [0.717, 1.165) is 11.3 Å². The molecule has 1 aromatic carbocycles. The molecule has 0 bridgehead atoms. The molecule has 1 aliphatic heterocycles. The maximum absolute atomic E-state index is 12.2. The summed E-state index contributed by atoms with van der Waals surface area (Å²) in [6.07, 6.45) is 0.898. The number of hydrogen-bond donors (Lipinski definition) is 1. The van der Waals surface area contributed by atoms with E-state index < -0.39 is 5.72 Å². The fourth-order valence-corrected chi connectivity index (χ4v) is 2.05. The minimum atomic E-state index is -1.17. The summed E-state index contributed by atoms with van der Waals surface area (Å²) in [6, 6.07) is 7.63. The van der Waals surface area contributed by atoms with Crippen LogP contribution in [0.1, 0.15) is 32.8 Å². The molecule has 0 radical (unpaired) electrons. The second kappa shape index (κ2) is 3.84. The molecule has 92 valence electrons. The van der Waals surface area contributed by atoms with Gasteiger partial charge in [-0.15, -0.1) is 0 Å². The molecule has 0 saturated heterocycles. The monoisotopic (exact) mass is 233 g/mol. The second-order valence-corrected chi connectivity index (χ2v) is 5.94. The van der Waals surface area contributed by atoms with Crippen molar-refractivity contribution in [1.29, 1.82) is 0 Å². The molecule has 0 amide bonds. The van der Waals surface area contributed by atoms with Gasteiger partial charge in [-0.25, -0.2) is 0 Å². The van der Waals surface area contributed by atoms with Crippen molar-refractivity contribution in [2.24, 2.45) is 11.1 Å². The molecule has 1 heterocycles. The minimum Gasteiger partial charge on any atom is -0.465 e. The van der Waals surface area contributed by atoms with E-state index in [-0.39, 0.29) is 11.2 Å². The summed E-state index contributed by atoms with van der Waals surface area (Å²) in [5, 5.41) is 0. The van der Waals surface area contributed by atoms with Gasteiger partial charge < -0.3 is 4.74 Å². The highest BCUT2D eigenvalue weighted by Crippen LogP contribution is 2.34. The zero-order valence-electron chi connectivity index (χ0n) is 10.6. The summed E-state index contributed by atoms with van der Waals surface area (Å²) in [5.41, 5.74) is 5.86. The summed E-state index contributed by atoms with van der Waals surface area (Å²) < 4.78 is 5.63. The predicted molar refractivity (Wildman–Crippen MR) is 66.8 cm³/mol. The van der Waals surface area contributed by atoms with Gasteiger partial charge in [0, 0.05) is 18.4 Å². The molecule has 2 N–H and O–H groups in total. The second-order valence-electron chi connectivity index (χ2n) is 5.94. The van der Waals surface area contributed by atoms with Crippen LogP contribution in [-0.4, -0.2) is 11.5 Å². The molecule has 1 aliphatic rings. The molecule has 0 fully saturated rings. The van der Waals surface area contributed by atoms with Crippen LogP contribution in [-0.2, 0) is 11.2 Å². The molecule has 0 aliphatic carbocycles. The highest BCUT2D eigenvalue weighted by atomic mass is 16.5. The zero-order valence-corrected chi connectivity index (χ0v) is 10.6. The van der Waals surface area contributed by atoms with E-state index in [1.807, 2.05) is 45.0 Å². The standard InChI is InChI=1S/C14H19NO2/c1-13(2,3)9-12(16)14(15)8-10-6-4-5-7-11(10)17-14/h4-7H,8-9,15H2,1-3H3/t14-/m0/s1. The Labute approximate surface area is 102 Å². The fraction of sp³-hybridized carbons (Fsp3) is 0.500. The first kappa shape index (κ1) is 12.1. The molecule has 0 saturated carbocycles. The Balaban J connectivity index is 2.17. The van der Waals surface area contributed by atoms with Gasteiger partial charge >= 0.3 is 0 Å². The number of rotatable bonds is 2. The van der Waals surface area contributed by atoms with Crippen LogP contribution < -0.4 is 10.5 Å². The Kier molecular flexibility index (Phi) is 2.74. The van der Waals surface area contributed by atoms with Gasteiger partial charge in [0.15, 0.2) is 5.78 Å². The number of ether oxygens (including phenoxy) is 1. The molecule has 1 atom stereocenters. The first-order chi connectivity index (χ1) is 7.80. The van der Waals surface area contributed by atoms with Crippen molar-refractivity contribution >= 4 is 5.78 Å². The quantitative estimate of drug-likeness (QED) is 0.852. The van der Waals surface area contributed by atoms with Crippen LogP contribution in [0.3, 0.4) is 0 Å². The summed E-state index contributed by atoms with van der Waals surface area (Å²) in [5.74, 6) is 0.707. The molecule has 17 heavy (non-hydrogen) atoms. The van der Waals surface area contributed by atoms with Crippen LogP contribution in [0, 0.1) is 5.41 Å². The number of fused-ring (bicyclic) bond motifs is 1. The van der Waals surface area contributed by atoms with Gasteiger partial charge in [-0.1, -0.05) is 39.0 Å². The summed E-state index contributed by atoms with van der Waals surface area (Å²) >= 11 is 0. The van der Waals surface area contributed by atoms with Crippen molar-refractivity contribution in [2.75, 3.05) is 0 Å². The summed E-state index contributed by atoms with van der Waals surface area (Å²) in [7, 11) is 0. The van der Waals surface area contributed by atoms with E-state index in [2.05, 4.69) is 0 Å². The molecule has 0 aromatic heterocycles. The number of Topliss-reactive ketones (excluding diaryl/α,β-unsaturated/α-hetero) is 1. The maximum atomic E-state index is 12.2. The average molecular weight is 233 g/mol. The van der Waals surface area contributed by atoms with E-state index in [1.54, 1.807) is 0 Å². The van der Waals surface area contributed by atoms with E-state index in [1.165, 1.54) is 0 Å². The van der Waals surface area contributed by atoms with Gasteiger partial charge in [-0.05, 0) is 11.5 Å². The van der Waals surface area contributed by atoms with Crippen molar-refractivity contribution in [3.63, 3.8) is 0 Å². The smallest absolute Gasteiger partial charge is 0.221 e. The van der Waals surface area contributed by atoms with Crippen LogP contribution >= 0.6 is 0 Å². The van der Waals surface area contributed by atoms with Gasteiger partial charge in [-0.2, -0.15) is 0 Å². The Morgan fingerprint density at radius 1 is 1.41 bits per heavy atom. The normalized spacial score (nSPS) is 23.1. The van der Waals surface area contributed by atoms with Crippen LogP contribution in [0.4, 0.5) is 0 Å². The third-order valence-electron chi connectivity index (χ3n) is 2.88. The lowest BCUT2D eigenvalue weighted by Crippen LogP contribution is -2.53. The van der Waals surface area contributed by atoms with Crippen molar-refractivity contribution in [3.05, 3.63) is 29.8 Å². The van der Waals surface area contributed by atoms with E-state index in [0.29, 0.717) is 12.8 Å². The minimum absolute atomic E-state index is 0.0267. The first-order valence-corrected chi connectivity index (χ1v) is 5.89. The molecular formula is C14H19NO2. The highest BCUT2D eigenvalue weighted by molar-refractivity contribution is 5.88. The Morgan fingerprint density at radius 2 is 2.06 bits per heavy atom. The number of carbonyl (C=O) groups is 1. The number of para-hydroxylation sites is 1. The Hall–Kier alpha value is -1.35. The van der Waals surface area contributed by atoms with Crippen LogP contribution in [0.2, 0.25) is 0 Å². The number of hydrogen-bond acceptors (Lipinski definition) is 3. The lowest BCUT2D eigenvalue weighted by Gasteiger charge is -2.26. The maximum Gasteiger partial charge on any atom is 0.221 e. The van der Waals surface area contributed by atoms with Crippen molar-refractivity contribution in [2.45, 2.75) is 39.3 Å². The molecule has 3 nitrogen and oxygen atoms in total. The molecule has 2 rings (SSSR count). The molecule has 0 unspecified atom stereocenters. The predicted octanol–water partition coefficient (Wildman–Crippen LogP) is 2.28. The van der Waals surface area contributed by atoms with Gasteiger partial charge in [0.1, 0.15) is 5.75 Å². The van der Waals surface area contributed by atoms with Crippen LogP contribution in [0.15, 0.2) is 24.3 Å². The number of carbonyl (C=O) groups excluding carboxylic acids is 1. The molecule has 1 aromatic rings. The molecular weight excluding hydrogens is 214 g/mol. The topological polar surface area (TPSA) is 52.3 Å². The number of benzene rings is 1. The Morgan fingerprint density at radius 3 is 2.65 bits per heavy atom. The molecule has 0 spiro atoms. The zero-order chi connectivity index (χ0) is 12.7. The van der Waals surface area contributed by atoms with Gasteiger partial charge in [0.25, 0.3) is 0 Å². The lowest BCUT2D eigenvalue weighted by atomic mass is 9.86. The Bertz CT molecular complexity index is 421. The largest absolute Gasteiger partial charge is 0.465 e. The van der Waals surface area contributed by atoms with E-state index in [4.69, 9.17) is 10.5 Å². The third kappa shape index (κ3) is 2.50. The van der Waals surface area contributed by atoms with E-state index >= 15 is 0 Å². The van der Waals surface area contributed by atoms with Crippen molar-refractivity contribution in [1.82, 2.24) is 0 Å². The van der Waals surface area contributed by atoms with E-state index in [9.17, 15) is 4.79 Å². The first-order valence-electron chi connectivity index (χ1n) is 5.89. The fourth-order valence-electron chi connectivity index (χ4n) is 2.05. The number of nitrogens with two attached hydrogens (primary N) is 1. The van der Waals surface area contributed by atoms with Crippen molar-refractivity contribution in [3.8, 4) is 5.75 Å². The third-order valence-corrected chi connectivity index (χ3v) is 2.88. The van der Waals surface area contributed by atoms with Gasteiger partial charge in [0.05, 0.1) is 0 Å². The van der Waals surface area contributed by atoms with Gasteiger partial charge in [0.2, 0.25) is 5.72 Å². The summed E-state index contributed by atoms with van der Waals surface area (Å²) in [4.78, 5) is 12.2. The molecule has 3 heteroatoms. The van der Waals surface area contributed by atoms with Crippen LogP contribution in [0.25, 0.3) is 0 Å². The van der Waals surface area contributed by atoms with Gasteiger partial charge in [-0.3, -0.25) is 10.5 Å². The number of ketones is 1.